The molecule has 1 saturated carbocycles. The van der Waals surface area contributed by atoms with Crippen LogP contribution >= 0.6 is 0 Å². The molecule has 4 heteroatoms. The maximum Gasteiger partial charge on any atom is 0.309 e. The summed E-state index contributed by atoms with van der Waals surface area (Å²) in [5.74, 6) is -2.15. The highest BCUT2D eigenvalue weighted by Crippen LogP contribution is 2.31. The molecule has 1 aliphatic carbocycles. The summed E-state index contributed by atoms with van der Waals surface area (Å²) in [6.45, 7) is 2.66. The molecule has 2 unspecified atom stereocenters. The Bertz CT molecular complexity index is 416. The highest BCUT2D eigenvalue weighted by Gasteiger charge is 2.36. The van der Waals surface area contributed by atoms with E-state index >= 15 is 0 Å². The molecule has 0 aromatic carbocycles. The van der Waals surface area contributed by atoms with E-state index < -0.39 is 17.8 Å². The Kier molecular flexibility index (Phi) is 12.9. The maximum absolute atomic E-state index is 12.1. The van der Waals surface area contributed by atoms with Gasteiger partial charge in [0.25, 0.3) is 0 Å². The lowest BCUT2D eigenvalue weighted by Crippen LogP contribution is -2.33. The molecule has 1 fully saturated rings. The largest absolute Gasteiger partial charge is 0.481 e. The van der Waals surface area contributed by atoms with Crippen LogP contribution in [0.15, 0.2) is 12.2 Å². The molecular formula is C22H38O4. The number of hydrogen-bond donors (Lipinski definition) is 1. The van der Waals surface area contributed by atoms with Crippen molar-refractivity contribution in [3.8, 4) is 0 Å². The second-order valence-electron chi connectivity index (χ2n) is 7.53. The van der Waals surface area contributed by atoms with Gasteiger partial charge in [0.05, 0.1) is 18.4 Å². The quantitative estimate of drug-likeness (QED) is 0.236. The van der Waals surface area contributed by atoms with Crippen molar-refractivity contribution in [1.29, 1.82) is 0 Å². The van der Waals surface area contributed by atoms with E-state index in [0.29, 0.717) is 19.4 Å². The Hall–Kier alpha value is -1.32. The fourth-order valence-corrected chi connectivity index (χ4v) is 3.63. The van der Waals surface area contributed by atoms with Crippen LogP contribution in [0.3, 0.4) is 0 Å². The number of carbonyl (C=O) groups is 2. The van der Waals surface area contributed by atoms with Crippen LogP contribution in [-0.2, 0) is 14.3 Å². The van der Waals surface area contributed by atoms with Gasteiger partial charge in [0.2, 0.25) is 0 Å². The average Bonchev–Trinajstić information content (AvgIpc) is 2.65. The van der Waals surface area contributed by atoms with Gasteiger partial charge in [-0.1, -0.05) is 64.0 Å². The summed E-state index contributed by atoms with van der Waals surface area (Å²) < 4.78 is 5.34. The second-order valence-corrected chi connectivity index (χ2v) is 7.53. The van der Waals surface area contributed by atoms with Crippen LogP contribution in [0.25, 0.3) is 0 Å². The summed E-state index contributed by atoms with van der Waals surface area (Å²) in [7, 11) is 0. The molecule has 0 saturated heterocycles. The normalized spacial score (nSPS) is 20.3. The third kappa shape index (κ3) is 9.98. The second kappa shape index (κ2) is 14.8. The van der Waals surface area contributed by atoms with E-state index in [2.05, 4.69) is 19.1 Å². The topological polar surface area (TPSA) is 63.6 Å². The van der Waals surface area contributed by atoms with E-state index in [9.17, 15) is 14.7 Å². The van der Waals surface area contributed by atoms with Crippen LogP contribution in [0.2, 0.25) is 0 Å². The molecule has 150 valence electrons. The summed E-state index contributed by atoms with van der Waals surface area (Å²) in [6.07, 6.45) is 19.6. The van der Waals surface area contributed by atoms with E-state index in [0.717, 1.165) is 38.5 Å². The predicted octanol–water partition coefficient (Wildman–Crippen LogP) is 5.90. The minimum Gasteiger partial charge on any atom is -0.481 e. The van der Waals surface area contributed by atoms with E-state index in [-0.39, 0.29) is 5.97 Å². The van der Waals surface area contributed by atoms with Gasteiger partial charge in [-0.05, 0) is 44.9 Å². The van der Waals surface area contributed by atoms with Crippen molar-refractivity contribution >= 4 is 11.9 Å². The Morgan fingerprint density at radius 1 is 0.885 bits per heavy atom. The fraction of sp³-hybridized carbons (Fsp3) is 0.818. The highest BCUT2D eigenvalue weighted by molar-refractivity contribution is 5.81. The van der Waals surface area contributed by atoms with Crippen molar-refractivity contribution in [3.05, 3.63) is 12.2 Å². The summed E-state index contributed by atoms with van der Waals surface area (Å²) in [5.41, 5.74) is 0. The molecule has 0 radical (unpaired) electrons. The molecule has 0 aromatic rings. The van der Waals surface area contributed by atoms with Crippen LogP contribution in [0, 0.1) is 11.8 Å². The number of ether oxygens (including phenoxy) is 1. The Balaban J connectivity index is 1.99. The zero-order valence-electron chi connectivity index (χ0n) is 16.6. The Labute approximate surface area is 159 Å². The number of carboxylic acid groups (broad SMARTS) is 1. The van der Waals surface area contributed by atoms with Gasteiger partial charge in [-0.25, -0.2) is 0 Å². The number of rotatable bonds is 14. The SMILES string of the molecule is CCCCCC/C=C/CCCCCCOC(=O)C1CCCCC1C(=O)O. The zero-order chi connectivity index (χ0) is 19.0. The number of esters is 1. The number of allylic oxidation sites excluding steroid dienone is 2. The summed E-state index contributed by atoms with van der Waals surface area (Å²) >= 11 is 0. The minimum absolute atomic E-state index is 0.303. The number of unbranched alkanes of at least 4 members (excludes halogenated alkanes) is 8. The Morgan fingerprint density at radius 2 is 1.46 bits per heavy atom. The van der Waals surface area contributed by atoms with Crippen molar-refractivity contribution in [2.24, 2.45) is 11.8 Å². The first-order valence-corrected chi connectivity index (χ1v) is 10.7. The van der Waals surface area contributed by atoms with Gasteiger partial charge in [0, 0.05) is 0 Å². The van der Waals surface area contributed by atoms with Crippen molar-refractivity contribution in [1.82, 2.24) is 0 Å². The highest BCUT2D eigenvalue weighted by atomic mass is 16.5. The zero-order valence-corrected chi connectivity index (χ0v) is 16.6. The van der Waals surface area contributed by atoms with Gasteiger partial charge in [-0.3, -0.25) is 9.59 Å². The van der Waals surface area contributed by atoms with E-state index in [4.69, 9.17) is 4.74 Å². The van der Waals surface area contributed by atoms with E-state index in [1.54, 1.807) is 0 Å². The molecule has 0 bridgehead atoms. The minimum atomic E-state index is -0.856. The average molecular weight is 367 g/mol. The maximum atomic E-state index is 12.1. The third-order valence-corrected chi connectivity index (χ3v) is 5.29. The van der Waals surface area contributed by atoms with Gasteiger partial charge in [0.15, 0.2) is 0 Å². The van der Waals surface area contributed by atoms with Crippen LogP contribution in [0.1, 0.15) is 96.8 Å². The van der Waals surface area contributed by atoms with Gasteiger partial charge < -0.3 is 9.84 Å². The van der Waals surface area contributed by atoms with Crippen LogP contribution < -0.4 is 0 Å². The monoisotopic (exact) mass is 366 g/mol. The van der Waals surface area contributed by atoms with Crippen molar-refractivity contribution in [2.45, 2.75) is 96.8 Å². The lowest BCUT2D eigenvalue weighted by atomic mass is 9.79. The van der Waals surface area contributed by atoms with E-state index in [1.165, 1.54) is 38.5 Å². The van der Waals surface area contributed by atoms with Crippen molar-refractivity contribution in [3.63, 3.8) is 0 Å². The summed E-state index contributed by atoms with van der Waals surface area (Å²) in [5, 5.41) is 9.23. The number of hydrogen-bond acceptors (Lipinski definition) is 3. The van der Waals surface area contributed by atoms with Crippen molar-refractivity contribution < 1.29 is 19.4 Å². The first kappa shape index (κ1) is 22.7. The molecule has 2 atom stereocenters. The van der Waals surface area contributed by atoms with Crippen LogP contribution in [0.4, 0.5) is 0 Å². The molecule has 4 nitrogen and oxygen atoms in total. The van der Waals surface area contributed by atoms with Gasteiger partial charge in [-0.15, -0.1) is 0 Å². The smallest absolute Gasteiger partial charge is 0.309 e. The lowest BCUT2D eigenvalue weighted by molar-refractivity contribution is -0.159. The molecule has 0 spiro atoms. The van der Waals surface area contributed by atoms with Gasteiger partial charge >= 0.3 is 11.9 Å². The first-order chi connectivity index (χ1) is 12.7. The molecule has 26 heavy (non-hydrogen) atoms. The molecule has 0 amide bonds. The van der Waals surface area contributed by atoms with E-state index in [1.807, 2.05) is 0 Å². The first-order valence-electron chi connectivity index (χ1n) is 10.7. The molecular weight excluding hydrogens is 328 g/mol. The fourth-order valence-electron chi connectivity index (χ4n) is 3.63. The molecule has 0 aromatic heterocycles. The Morgan fingerprint density at radius 3 is 2.08 bits per heavy atom. The standard InChI is InChI=1S/C22H38O4/c1-2-3-4-5-6-7-8-9-10-11-12-15-18-26-22(25)20-17-14-13-16-19(20)21(23)24/h7-8,19-20H,2-6,9-18H2,1H3,(H,23,24)/b8-7+. The molecule has 0 aliphatic heterocycles. The molecule has 1 rings (SSSR count). The number of aliphatic carboxylic acids is 1. The molecule has 1 aliphatic rings. The van der Waals surface area contributed by atoms with Crippen molar-refractivity contribution in [2.75, 3.05) is 6.61 Å². The van der Waals surface area contributed by atoms with Gasteiger partial charge in [-0.2, -0.15) is 0 Å². The number of carbonyl (C=O) groups excluding carboxylic acids is 1. The van der Waals surface area contributed by atoms with Gasteiger partial charge in [0.1, 0.15) is 0 Å². The summed E-state index contributed by atoms with van der Waals surface area (Å²) in [6, 6.07) is 0. The summed E-state index contributed by atoms with van der Waals surface area (Å²) in [4.78, 5) is 23.4. The number of carboxylic acids is 1. The molecule has 1 N–H and O–H groups in total. The predicted molar refractivity (Wildman–Crippen MR) is 105 cm³/mol. The lowest BCUT2D eigenvalue weighted by Gasteiger charge is -2.26. The molecule has 0 heterocycles. The van der Waals surface area contributed by atoms with Crippen LogP contribution in [-0.4, -0.2) is 23.7 Å². The third-order valence-electron chi connectivity index (χ3n) is 5.29. The van der Waals surface area contributed by atoms with Crippen LogP contribution in [0.5, 0.6) is 0 Å².